The quantitative estimate of drug-likeness (QED) is 0.395. The highest BCUT2D eigenvalue weighted by Crippen LogP contribution is 2.36. The second-order valence-corrected chi connectivity index (χ2v) is 8.45. The van der Waals surface area contributed by atoms with Crippen molar-refractivity contribution in [1.82, 2.24) is 9.97 Å². The lowest BCUT2D eigenvalue weighted by Crippen LogP contribution is -2.31. The van der Waals surface area contributed by atoms with Crippen LogP contribution in [0.1, 0.15) is 16.7 Å². The van der Waals surface area contributed by atoms with Gasteiger partial charge in [0.05, 0.1) is 30.5 Å². The van der Waals surface area contributed by atoms with Gasteiger partial charge in [-0.1, -0.05) is 18.2 Å². The molecule has 0 atom stereocenters. The molecule has 1 aromatic heterocycles. The van der Waals surface area contributed by atoms with Gasteiger partial charge < -0.3 is 15.0 Å². The molecule has 9 heteroatoms. The van der Waals surface area contributed by atoms with E-state index in [4.69, 9.17) is 4.74 Å². The zero-order valence-corrected chi connectivity index (χ0v) is 19.8. The van der Waals surface area contributed by atoms with E-state index >= 15 is 0 Å². The topological polar surface area (TPSA) is 91.1 Å². The molecule has 0 radical (unpaired) electrons. The average molecular weight is 498 g/mol. The van der Waals surface area contributed by atoms with Crippen molar-refractivity contribution in [2.75, 3.05) is 23.9 Å². The van der Waals surface area contributed by atoms with Crippen LogP contribution >= 0.6 is 0 Å². The number of nitriles is 1. The Labute approximate surface area is 212 Å². The van der Waals surface area contributed by atoms with Crippen LogP contribution in [0.4, 0.5) is 26.1 Å². The molecule has 7 nitrogen and oxygen atoms in total. The summed E-state index contributed by atoms with van der Waals surface area (Å²) < 4.78 is 33.1. The van der Waals surface area contributed by atoms with E-state index in [-0.39, 0.29) is 24.0 Å². The first-order valence-electron chi connectivity index (χ1n) is 11.5. The van der Waals surface area contributed by atoms with Crippen molar-refractivity contribution < 1.29 is 18.3 Å². The number of hydrogen-bond donors (Lipinski definition) is 1. The summed E-state index contributed by atoms with van der Waals surface area (Å²) in [5, 5.41) is 12.9. The van der Waals surface area contributed by atoms with Gasteiger partial charge in [-0.25, -0.2) is 18.7 Å². The minimum absolute atomic E-state index is 0.0916. The third-order valence-electron chi connectivity index (χ3n) is 6.14. The van der Waals surface area contributed by atoms with Crippen molar-refractivity contribution in [2.24, 2.45) is 0 Å². The Morgan fingerprint density at radius 1 is 1.14 bits per heavy atom. The maximum Gasteiger partial charge on any atom is 0.231 e. The first kappa shape index (κ1) is 23.9. The monoisotopic (exact) mass is 497 g/mol. The van der Waals surface area contributed by atoms with Gasteiger partial charge in [0, 0.05) is 30.1 Å². The molecule has 0 saturated carbocycles. The third-order valence-corrected chi connectivity index (χ3v) is 6.14. The van der Waals surface area contributed by atoms with E-state index in [0.717, 1.165) is 5.56 Å². The summed E-state index contributed by atoms with van der Waals surface area (Å²) in [5.74, 6) is -0.841. The number of nitrogens with zero attached hydrogens (tertiary/aromatic N) is 4. The molecule has 0 unspecified atom stereocenters. The normalized spacial score (nSPS) is 12.1. The number of aromatic nitrogens is 2. The lowest BCUT2D eigenvalue weighted by Gasteiger charge is -2.19. The molecule has 2 heterocycles. The highest BCUT2D eigenvalue weighted by molar-refractivity contribution is 5.98. The summed E-state index contributed by atoms with van der Waals surface area (Å²) in [7, 11) is 1.39. The second-order valence-electron chi connectivity index (χ2n) is 8.45. The minimum atomic E-state index is -0.518. The molecular weight excluding hydrogens is 476 g/mol. The largest absolute Gasteiger partial charge is 0.494 e. The molecule has 0 bridgehead atoms. The van der Waals surface area contributed by atoms with Crippen molar-refractivity contribution in [3.8, 4) is 23.1 Å². The van der Waals surface area contributed by atoms with Crippen molar-refractivity contribution in [3.63, 3.8) is 0 Å². The van der Waals surface area contributed by atoms with E-state index in [1.54, 1.807) is 47.5 Å². The number of fused-ring (bicyclic) bond motifs is 1. The SMILES string of the molecule is COc1ccc(Nc2nccc(-c3cc(C#N)c4c(c3)CCN4C(=O)Cc3ccccc3F)n2)cc1F. The zero-order valence-electron chi connectivity index (χ0n) is 19.8. The van der Waals surface area contributed by atoms with Crippen LogP contribution in [0.15, 0.2) is 66.9 Å². The van der Waals surface area contributed by atoms with Crippen molar-refractivity contribution in [2.45, 2.75) is 12.8 Å². The number of halogens is 2. The fourth-order valence-corrected chi connectivity index (χ4v) is 4.38. The number of rotatable bonds is 6. The molecule has 1 amide bonds. The molecule has 184 valence electrons. The van der Waals surface area contributed by atoms with Crippen LogP contribution in [0.3, 0.4) is 0 Å². The Hall–Kier alpha value is -4.84. The van der Waals surface area contributed by atoms with E-state index in [9.17, 15) is 18.8 Å². The maximum atomic E-state index is 14.1. The van der Waals surface area contributed by atoms with Gasteiger partial charge in [0.2, 0.25) is 11.9 Å². The highest BCUT2D eigenvalue weighted by Gasteiger charge is 2.29. The Bertz CT molecular complexity index is 1550. The van der Waals surface area contributed by atoms with Crippen LogP contribution in [0.5, 0.6) is 5.75 Å². The Morgan fingerprint density at radius 3 is 2.73 bits per heavy atom. The van der Waals surface area contributed by atoms with Crippen LogP contribution in [0.25, 0.3) is 11.3 Å². The molecule has 3 aromatic carbocycles. The smallest absolute Gasteiger partial charge is 0.231 e. The molecular formula is C28H21F2N5O2. The number of ether oxygens (including phenoxy) is 1. The predicted octanol–water partition coefficient (Wildman–Crippen LogP) is 5.18. The number of carbonyl (C=O) groups is 1. The molecule has 0 saturated heterocycles. The van der Waals surface area contributed by atoms with Crippen molar-refractivity contribution in [3.05, 3.63) is 95.2 Å². The van der Waals surface area contributed by atoms with Gasteiger partial charge in [0.25, 0.3) is 0 Å². The Kier molecular flexibility index (Phi) is 6.47. The minimum Gasteiger partial charge on any atom is -0.494 e. The Morgan fingerprint density at radius 2 is 1.97 bits per heavy atom. The van der Waals surface area contributed by atoms with Crippen LogP contribution in [-0.4, -0.2) is 29.5 Å². The van der Waals surface area contributed by atoms with Gasteiger partial charge in [0.15, 0.2) is 11.6 Å². The summed E-state index contributed by atoms with van der Waals surface area (Å²) in [5.41, 5.74) is 3.72. The fourth-order valence-electron chi connectivity index (χ4n) is 4.38. The lowest BCUT2D eigenvalue weighted by molar-refractivity contribution is -0.117. The van der Waals surface area contributed by atoms with Gasteiger partial charge >= 0.3 is 0 Å². The third kappa shape index (κ3) is 4.82. The van der Waals surface area contributed by atoms with Crippen LogP contribution in [0, 0.1) is 23.0 Å². The number of amides is 1. The van der Waals surface area contributed by atoms with E-state index < -0.39 is 11.6 Å². The number of hydrogen-bond acceptors (Lipinski definition) is 6. The van der Waals surface area contributed by atoms with Gasteiger partial charge in [0.1, 0.15) is 11.9 Å². The van der Waals surface area contributed by atoms with E-state index in [1.807, 2.05) is 6.07 Å². The predicted molar refractivity (Wildman–Crippen MR) is 135 cm³/mol. The molecule has 0 aliphatic carbocycles. The summed E-state index contributed by atoms with van der Waals surface area (Å²) in [4.78, 5) is 23.3. The van der Waals surface area contributed by atoms with Gasteiger partial charge in [-0.05, 0) is 53.9 Å². The zero-order chi connectivity index (χ0) is 25.9. The Balaban J connectivity index is 1.42. The van der Waals surface area contributed by atoms with E-state index in [0.29, 0.717) is 46.7 Å². The van der Waals surface area contributed by atoms with Gasteiger partial charge in [-0.3, -0.25) is 4.79 Å². The number of methoxy groups -OCH3 is 1. The number of anilines is 3. The summed E-state index contributed by atoms with van der Waals surface area (Å²) in [6.07, 6.45) is 2.03. The van der Waals surface area contributed by atoms with Gasteiger partial charge in [-0.2, -0.15) is 5.26 Å². The molecule has 1 aliphatic rings. The van der Waals surface area contributed by atoms with Crippen LogP contribution in [-0.2, 0) is 17.6 Å². The van der Waals surface area contributed by atoms with E-state index in [2.05, 4.69) is 21.4 Å². The molecule has 4 aromatic rings. The van der Waals surface area contributed by atoms with E-state index in [1.165, 1.54) is 25.3 Å². The van der Waals surface area contributed by atoms with Gasteiger partial charge in [-0.15, -0.1) is 0 Å². The highest BCUT2D eigenvalue weighted by atomic mass is 19.1. The number of benzene rings is 3. The summed E-state index contributed by atoms with van der Waals surface area (Å²) in [6.45, 7) is 0.403. The van der Waals surface area contributed by atoms with Crippen LogP contribution < -0.4 is 15.0 Å². The number of nitrogens with one attached hydrogen (secondary N) is 1. The van der Waals surface area contributed by atoms with Crippen molar-refractivity contribution in [1.29, 1.82) is 5.26 Å². The first-order chi connectivity index (χ1) is 18.0. The molecule has 1 N–H and O–H groups in total. The standard InChI is InChI=1S/C28H21F2N5O2/c1-37-25-7-6-21(15-23(25)30)33-28-32-10-8-24(34-28)19-12-18-9-11-35(27(18)20(13-19)16-31)26(36)14-17-4-2-3-5-22(17)29/h2-8,10,12-13,15H,9,11,14H2,1H3,(H,32,33,34). The maximum absolute atomic E-state index is 14.1. The summed E-state index contributed by atoms with van der Waals surface area (Å²) >= 11 is 0. The lowest BCUT2D eigenvalue weighted by atomic mass is 10.0. The second kappa shape index (κ2) is 10.0. The average Bonchev–Trinajstić information content (AvgIpc) is 3.34. The van der Waals surface area contributed by atoms with Crippen molar-refractivity contribution >= 4 is 23.2 Å². The molecule has 37 heavy (non-hydrogen) atoms. The molecule has 0 fully saturated rings. The van der Waals surface area contributed by atoms with Crippen LogP contribution in [0.2, 0.25) is 0 Å². The molecule has 1 aliphatic heterocycles. The molecule has 5 rings (SSSR count). The summed E-state index contributed by atoms with van der Waals surface area (Å²) in [6, 6.07) is 18.1. The fraction of sp³-hybridized carbons (Fsp3) is 0.143. The molecule has 0 spiro atoms. The first-order valence-corrected chi connectivity index (χ1v) is 11.5. The number of carbonyl (C=O) groups excluding carboxylic acids is 1.